The van der Waals surface area contributed by atoms with Crippen molar-refractivity contribution in [1.82, 2.24) is 4.57 Å². The molecule has 0 unspecified atom stereocenters. The van der Waals surface area contributed by atoms with E-state index < -0.39 is 0 Å². The van der Waals surface area contributed by atoms with Crippen LogP contribution < -0.4 is 0 Å². The number of hydrogen-bond donors (Lipinski definition) is 0. The van der Waals surface area contributed by atoms with Gasteiger partial charge in [0.25, 0.3) is 0 Å². The van der Waals surface area contributed by atoms with Gasteiger partial charge in [0.15, 0.2) is 0 Å². The number of aryl methyl sites for hydroxylation is 1. The molecule has 0 bridgehead atoms. The predicted octanol–water partition coefficient (Wildman–Crippen LogP) is 4.90. The van der Waals surface area contributed by atoms with Crippen LogP contribution in [0.1, 0.15) is 11.1 Å². The zero-order chi connectivity index (χ0) is 14.0. The maximum Gasteiger partial charge on any atom is 0.0495 e. The van der Waals surface area contributed by atoms with E-state index in [-0.39, 0.29) is 0 Å². The maximum atomic E-state index is 2.31. The Kier molecular flexibility index (Phi) is 2.00. The highest BCUT2D eigenvalue weighted by molar-refractivity contribution is 6.16. The van der Waals surface area contributed by atoms with Crippen LogP contribution in [0.4, 0.5) is 0 Å². The summed E-state index contributed by atoms with van der Waals surface area (Å²) in [6.45, 7) is 0. The zero-order valence-corrected chi connectivity index (χ0v) is 11.9. The second-order valence-corrected chi connectivity index (χ2v) is 5.90. The van der Waals surface area contributed by atoms with Crippen LogP contribution in [0.5, 0.6) is 0 Å². The lowest BCUT2D eigenvalue weighted by molar-refractivity contribution is 1.01. The Balaban J connectivity index is 2.06. The minimum absolute atomic E-state index is 1.06. The summed E-state index contributed by atoms with van der Waals surface area (Å²) in [7, 11) is 2.16. The van der Waals surface area contributed by atoms with Crippen LogP contribution in [0.3, 0.4) is 0 Å². The lowest BCUT2D eigenvalue weighted by Crippen LogP contribution is -1.87. The summed E-state index contributed by atoms with van der Waals surface area (Å²) in [5.41, 5.74) is 8.40. The van der Waals surface area contributed by atoms with Crippen LogP contribution in [0.2, 0.25) is 0 Å². The summed E-state index contributed by atoms with van der Waals surface area (Å²) in [4.78, 5) is 0. The molecule has 21 heavy (non-hydrogen) atoms. The Morgan fingerprint density at radius 1 is 0.762 bits per heavy atom. The van der Waals surface area contributed by atoms with Gasteiger partial charge in [-0.3, -0.25) is 0 Å². The van der Waals surface area contributed by atoms with Crippen LogP contribution >= 0.6 is 0 Å². The molecule has 1 heteroatoms. The van der Waals surface area contributed by atoms with Crippen molar-refractivity contribution in [2.24, 2.45) is 7.05 Å². The molecular formula is C20H15N. The molecule has 0 atom stereocenters. The van der Waals surface area contributed by atoms with Gasteiger partial charge >= 0.3 is 0 Å². The van der Waals surface area contributed by atoms with Crippen molar-refractivity contribution < 1.29 is 0 Å². The fourth-order valence-electron chi connectivity index (χ4n) is 3.87. The molecular weight excluding hydrogens is 254 g/mol. The first-order valence-electron chi connectivity index (χ1n) is 7.42. The predicted molar refractivity (Wildman–Crippen MR) is 88.7 cm³/mol. The average Bonchev–Trinajstić information content (AvgIpc) is 3.04. The van der Waals surface area contributed by atoms with Crippen LogP contribution in [0, 0.1) is 0 Å². The molecule has 1 aliphatic rings. The Morgan fingerprint density at radius 3 is 2.52 bits per heavy atom. The molecule has 1 aromatic heterocycles. The summed E-state index contributed by atoms with van der Waals surface area (Å²) < 4.78 is 2.31. The minimum atomic E-state index is 1.06. The van der Waals surface area contributed by atoms with Crippen LogP contribution in [0.15, 0.2) is 60.7 Å². The van der Waals surface area contributed by atoms with Gasteiger partial charge in [-0.25, -0.2) is 0 Å². The van der Waals surface area contributed by atoms with E-state index in [4.69, 9.17) is 0 Å². The molecule has 0 saturated carbocycles. The first-order valence-corrected chi connectivity index (χ1v) is 7.42. The lowest BCUT2D eigenvalue weighted by atomic mass is 9.99. The summed E-state index contributed by atoms with van der Waals surface area (Å²) in [5.74, 6) is 0. The van der Waals surface area contributed by atoms with Gasteiger partial charge in [0, 0.05) is 28.9 Å². The van der Waals surface area contributed by atoms with Crippen molar-refractivity contribution in [3.8, 4) is 11.1 Å². The maximum absolute atomic E-state index is 2.31. The smallest absolute Gasteiger partial charge is 0.0495 e. The highest BCUT2D eigenvalue weighted by Gasteiger charge is 2.22. The third kappa shape index (κ3) is 1.31. The van der Waals surface area contributed by atoms with Crippen molar-refractivity contribution in [1.29, 1.82) is 0 Å². The largest absolute Gasteiger partial charge is 0.344 e. The zero-order valence-electron chi connectivity index (χ0n) is 11.9. The van der Waals surface area contributed by atoms with Gasteiger partial charge in [0.1, 0.15) is 0 Å². The van der Waals surface area contributed by atoms with Crippen LogP contribution in [-0.4, -0.2) is 4.57 Å². The Morgan fingerprint density at radius 2 is 1.57 bits per heavy atom. The van der Waals surface area contributed by atoms with E-state index in [0.29, 0.717) is 0 Å². The molecule has 4 aromatic rings. The molecule has 0 N–H and O–H groups in total. The standard InChI is InChI=1S/C20H15N/c1-21-17-9-5-4-8-16(17)20-18(21)11-10-14-12-13-6-2-3-7-15(13)19(14)20/h2-11H,12H2,1H3. The fourth-order valence-corrected chi connectivity index (χ4v) is 3.87. The van der Waals surface area contributed by atoms with E-state index in [9.17, 15) is 0 Å². The molecule has 3 aromatic carbocycles. The van der Waals surface area contributed by atoms with Crippen molar-refractivity contribution >= 4 is 21.8 Å². The van der Waals surface area contributed by atoms with E-state index in [2.05, 4.69) is 72.3 Å². The van der Waals surface area contributed by atoms with Gasteiger partial charge in [0.05, 0.1) is 0 Å². The summed E-state index contributed by atoms with van der Waals surface area (Å²) in [6.07, 6.45) is 1.06. The molecule has 0 aliphatic heterocycles. The highest BCUT2D eigenvalue weighted by atomic mass is 14.9. The Labute approximate surface area is 123 Å². The van der Waals surface area contributed by atoms with E-state index >= 15 is 0 Å². The SMILES string of the molecule is Cn1c2ccccc2c2c3c(ccc21)Cc1ccccc1-3. The lowest BCUT2D eigenvalue weighted by Gasteiger charge is -2.04. The molecule has 0 radical (unpaired) electrons. The second-order valence-electron chi connectivity index (χ2n) is 5.90. The van der Waals surface area contributed by atoms with Gasteiger partial charge in [-0.15, -0.1) is 0 Å². The third-order valence-corrected chi connectivity index (χ3v) is 4.83. The van der Waals surface area contributed by atoms with Crippen molar-refractivity contribution in [3.63, 3.8) is 0 Å². The molecule has 0 saturated heterocycles. The summed E-state index contributed by atoms with van der Waals surface area (Å²) in [6, 6.07) is 22.1. The van der Waals surface area contributed by atoms with Gasteiger partial charge < -0.3 is 4.57 Å². The number of nitrogens with zero attached hydrogens (tertiary/aromatic N) is 1. The van der Waals surface area contributed by atoms with Gasteiger partial charge in [0.2, 0.25) is 0 Å². The first-order chi connectivity index (χ1) is 10.3. The fraction of sp³-hybridized carbons (Fsp3) is 0.100. The van der Waals surface area contributed by atoms with E-state index in [1.54, 1.807) is 0 Å². The van der Waals surface area contributed by atoms with Gasteiger partial charge in [-0.1, -0.05) is 48.5 Å². The first kappa shape index (κ1) is 11.2. The third-order valence-electron chi connectivity index (χ3n) is 4.83. The van der Waals surface area contributed by atoms with Crippen molar-refractivity contribution in [3.05, 3.63) is 71.8 Å². The number of para-hydroxylation sites is 1. The summed E-state index contributed by atoms with van der Waals surface area (Å²) in [5, 5.41) is 2.78. The molecule has 5 rings (SSSR count). The van der Waals surface area contributed by atoms with Gasteiger partial charge in [-0.05, 0) is 40.8 Å². The number of rotatable bonds is 0. The Bertz CT molecular complexity index is 1020. The average molecular weight is 269 g/mol. The number of hydrogen-bond acceptors (Lipinski definition) is 0. The van der Waals surface area contributed by atoms with Crippen molar-refractivity contribution in [2.75, 3.05) is 0 Å². The van der Waals surface area contributed by atoms with Crippen molar-refractivity contribution in [2.45, 2.75) is 6.42 Å². The van der Waals surface area contributed by atoms with E-state index in [1.807, 2.05) is 0 Å². The molecule has 1 heterocycles. The molecule has 0 fully saturated rings. The highest BCUT2D eigenvalue weighted by Crippen LogP contribution is 2.44. The number of aromatic nitrogens is 1. The summed E-state index contributed by atoms with van der Waals surface area (Å²) >= 11 is 0. The minimum Gasteiger partial charge on any atom is -0.344 e. The van der Waals surface area contributed by atoms with Crippen LogP contribution in [-0.2, 0) is 13.5 Å². The molecule has 1 aliphatic carbocycles. The molecule has 1 nitrogen and oxygen atoms in total. The Hall–Kier alpha value is -2.54. The monoisotopic (exact) mass is 269 g/mol. The number of benzene rings is 3. The molecule has 0 amide bonds. The van der Waals surface area contributed by atoms with E-state index in [1.165, 1.54) is 44.1 Å². The topological polar surface area (TPSA) is 4.93 Å². The number of fused-ring (bicyclic) bond motifs is 7. The normalized spacial score (nSPS) is 12.8. The van der Waals surface area contributed by atoms with Gasteiger partial charge in [-0.2, -0.15) is 0 Å². The molecule has 0 spiro atoms. The quantitative estimate of drug-likeness (QED) is 0.377. The van der Waals surface area contributed by atoms with E-state index in [0.717, 1.165) is 6.42 Å². The molecule has 100 valence electrons. The second kappa shape index (κ2) is 3.76. The van der Waals surface area contributed by atoms with Crippen LogP contribution in [0.25, 0.3) is 32.9 Å².